The number of aromatic nitrogens is 2. The maximum Gasteiger partial charge on any atom is 0.326 e. The molecule has 5 rings (SSSR count). The number of anilines is 1. The minimum atomic E-state index is -0.234. The van der Waals surface area contributed by atoms with Crippen molar-refractivity contribution in [1.82, 2.24) is 20.2 Å². The molecule has 1 unspecified atom stereocenters. The number of nitrogens with zero attached hydrogens (tertiary/aromatic N) is 1. The average Bonchev–Trinajstić information content (AvgIpc) is 3.29. The molecule has 1 saturated carbocycles. The van der Waals surface area contributed by atoms with Crippen LogP contribution in [0.1, 0.15) is 47.6 Å². The van der Waals surface area contributed by atoms with Crippen LogP contribution in [0, 0.1) is 12.8 Å². The van der Waals surface area contributed by atoms with E-state index in [1.807, 2.05) is 31.2 Å². The Morgan fingerprint density at radius 1 is 1.16 bits per heavy atom. The van der Waals surface area contributed by atoms with Gasteiger partial charge in [-0.25, -0.2) is 4.79 Å². The second-order valence-electron chi connectivity index (χ2n) is 10.1. The molecule has 10 heteroatoms. The number of ether oxygens (including phenoxy) is 2. The molecule has 1 aromatic heterocycles. The smallest absolute Gasteiger partial charge is 0.326 e. The molecule has 0 spiro atoms. The monoisotopic (exact) mass is 521 g/mol. The number of carbonyl (C=O) groups is 2. The molecular formula is C28H35N5O5. The van der Waals surface area contributed by atoms with Crippen LogP contribution in [-0.4, -0.2) is 60.8 Å². The minimum Gasteiger partial charge on any atom is -0.496 e. The first-order chi connectivity index (χ1) is 18.4. The quantitative estimate of drug-likeness (QED) is 0.379. The molecule has 4 N–H and O–H groups in total. The Morgan fingerprint density at radius 3 is 2.71 bits per heavy atom. The molecule has 2 amide bonds. The molecule has 2 heterocycles. The van der Waals surface area contributed by atoms with Crippen molar-refractivity contribution in [3.8, 4) is 5.75 Å². The van der Waals surface area contributed by atoms with Crippen molar-refractivity contribution < 1.29 is 19.1 Å². The van der Waals surface area contributed by atoms with E-state index in [9.17, 15) is 14.4 Å². The molecule has 1 saturated heterocycles. The van der Waals surface area contributed by atoms with E-state index >= 15 is 0 Å². The number of hydrogen-bond donors (Lipinski definition) is 4. The minimum absolute atomic E-state index is 0.0163. The number of amides is 2. The predicted octanol–water partition coefficient (Wildman–Crippen LogP) is 2.73. The van der Waals surface area contributed by atoms with Gasteiger partial charge in [0.25, 0.3) is 5.91 Å². The number of aryl methyl sites for hydroxylation is 1. The van der Waals surface area contributed by atoms with Crippen molar-refractivity contribution in [2.75, 3.05) is 38.7 Å². The highest BCUT2D eigenvalue weighted by molar-refractivity contribution is 6.05. The van der Waals surface area contributed by atoms with Gasteiger partial charge in [0.1, 0.15) is 5.75 Å². The highest BCUT2D eigenvalue weighted by Gasteiger charge is 2.29. The molecule has 3 aromatic rings. The number of rotatable bonds is 7. The first-order valence-electron chi connectivity index (χ1n) is 13.2. The molecule has 2 aliphatic rings. The highest BCUT2D eigenvalue weighted by Crippen LogP contribution is 2.34. The molecule has 2 fully saturated rings. The van der Waals surface area contributed by atoms with Crippen LogP contribution in [0.3, 0.4) is 0 Å². The summed E-state index contributed by atoms with van der Waals surface area (Å²) in [7, 11) is 1.61. The van der Waals surface area contributed by atoms with Gasteiger partial charge in [-0.2, -0.15) is 0 Å². The number of H-pyrrole nitrogens is 1. The fourth-order valence-corrected chi connectivity index (χ4v) is 5.50. The van der Waals surface area contributed by atoms with Gasteiger partial charge in [0.05, 0.1) is 36.9 Å². The Balaban J connectivity index is 1.24. The topological polar surface area (TPSA) is 126 Å². The number of morpholine rings is 1. The second kappa shape index (κ2) is 11.4. The van der Waals surface area contributed by atoms with Crippen molar-refractivity contribution in [3.05, 3.63) is 58.0 Å². The van der Waals surface area contributed by atoms with Crippen LogP contribution in [0.25, 0.3) is 11.0 Å². The Bertz CT molecular complexity index is 1370. The van der Waals surface area contributed by atoms with Crippen LogP contribution >= 0.6 is 0 Å². The van der Waals surface area contributed by atoms with E-state index in [0.717, 1.165) is 17.9 Å². The van der Waals surface area contributed by atoms with Crippen molar-refractivity contribution in [1.29, 1.82) is 0 Å². The number of aromatic amines is 1. The van der Waals surface area contributed by atoms with Gasteiger partial charge in [0.15, 0.2) is 0 Å². The van der Waals surface area contributed by atoms with Gasteiger partial charge in [0, 0.05) is 42.8 Å². The lowest BCUT2D eigenvalue weighted by Crippen LogP contribution is -2.48. The number of methoxy groups -OCH3 is 1. The van der Waals surface area contributed by atoms with Crippen LogP contribution < -0.4 is 26.4 Å². The molecule has 2 aromatic carbocycles. The lowest BCUT2D eigenvalue weighted by molar-refractivity contribution is -0.121. The van der Waals surface area contributed by atoms with Gasteiger partial charge in [-0.1, -0.05) is 12.1 Å². The summed E-state index contributed by atoms with van der Waals surface area (Å²) < 4.78 is 12.6. The van der Waals surface area contributed by atoms with Crippen LogP contribution in [0.4, 0.5) is 5.69 Å². The summed E-state index contributed by atoms with van der Waals surface area (Å²) in [4.78, 5) is 41.8. The Labute approximate surface area is 221 Å². The average molecular weight is 522 g/mol. The summed E-state index contributed by atoms with van der Waals surface area (Å²) in [6.07, 6.45) is 2.75. The van der Waals surface area contributed by atoms with Gasteiger partial charge < -0.3 is 30.4 Å². The third kappa shape index (κ3) is 5.46. The molecule has 0 radical (unpaired) electrons. The lowest BCUT2D eigenvalue weighted by Gasteiger charge is -2.28. The Hall–Kier alpha value is -3.63. The molecule has 10 nitrogen and oxygen atoms in total. The number of fused-ring (bicyclic) bond motifs is 1. The Kier molecular flexibility index (Phi) is 7.80. The number of imidazole rings is 1. The zero-order valence-electron chi connectivity index (χ0n) is 21.8. The third-order valence-corrected chi connectivity index (χ3v) is 7.61. The van der Waals surface area contributed by atoms with Crippen LogP contribution in [0.5, 0.6) is 5.75 Å². The fraction of sp³-hybridized carbons (Fsp3) is 0.464. The summed E-state index contributed by atoms with van der Waals surface area (Å²) in [6, 6.07) is 11.0. The molecule has 1 aliphatic carbocycles. The van der Waals surface area contributed by atoms with E-state index in [0.29, 0.717) is 67.7 Å². The van der Waals surface area contributed by atoms with E-state index < -0.39 is 0 Å². The summed E-state index contributed by atoms with van der Waals surface area (Å²) >= 11 is 0. The van der Waals surface area contributed by atoms with Gasteiger partial charge in [0.2, 0.25) is 5.91 Å². The molecular weight excluding hydrogens is 486 g/mol. The third-order valence-electron chi connectivity index (χ3n) is 7.61. The molecule has 202 valence electrons. The van der Waals surface area contributed by atoms with Gasteiger partial charge >= 0.3 is 5.69 Å². The van der Waals surface area contributed by atoms with Crippen LogP contribution in [0.2, 0.25) is 0 Å². The fourth-order valence-electron chi connectivity index (χ4n) is 5.50. The predicted molar refractivity (Wildman–Crippen MR) is 145 cm³/mol. The second-order valence-corrected chi connectivity index (χ2v) is 10.1. The number of nitrogens with one attached hydrogen (secondary N) is 4. The number of benzene rings is 2. The zero-order chi connectivity index (χ0) is 26.6. The van der Waals surface area contributed by atoms with Crippen molar-refractivity contribution in [3.63, 3.8) is 0 Å². The SMILES string of the molecule is COc1cc(NC(=O)C2CCC(n3c(=O)[nH]c4c(C(=O)NCC5COCCN5)cccc43)CC2)ccc1C. The van der Waals surface area contributed by atoms with Crippen LogP contribution in [0.15, 0.2) is 41.2 Å². The summed E-state index contributed by atoms with van der Waals surface area (Å²) in [5.41, 5.74) is 3.17. The van der Waals surface area contributed by atoms with E-state index in [1.54, 1.807) is 23.8 Å². The van der Waals surface area contributed by atoms with E-state index in [-0.39, 0.29) is 35.5 Å². The summed E-state index contributed by atoms with van der Waals surface area (Å²) in [6.45, 7) is 4.39. The summed E-state index contributed by atoms with van der Waals surface area (Å²) in [5.74, 6) is 0.359. The zero-order valence-corrected chi connectivity index (χ0v) is 21.8. The standard InChI is InChI=1S/C28H35N5O5/c1-17-6-9-19(14-24(17)37-2)31-26(34)18-7-10-21(11-8-18)33-23-5-3-4-22(25(23)32-28(33)36)27(35)30-15-20-16-38-13-12-29-20/h3-6,9,14,18,20-21,29H,7-8,10-13,15-16H2,1-2H3,(H,30,35)(H,31,34)(H,32,36). The first-order valence-corrected chi connectivity index (χ1v) is 13.2. The number of carbonyl (C=O) groups excluding carboxylic acids is 2. The van der Waals surface area contributed by atoms with Crippen molar-refractivity contribution >= 4 is 28.5 Å². The van der Waals surface area contributed by atoms with E-state index in [4.69, 9.17) is 9.47 Å². The maximum atomic E-state index is 13.0. The molecule has 38 heavy (non-hydrogen) atoms. The lowest BCUT2D eigenvalue weighted by atomic mass is 9.85. The number of hydrogen-bond acceptors (Lipinski definition) is 6. The largest absolute Gasteiger partial charge is 0.496 e. The number of para-hydroxylation sites is 1. The molecule has 0 bridgehead atoms. The van der Waals surface area contributed by atoms with Gasteiger partial charge in [-0.05, 0) is 56.4 Å². The van der Waals surface area contributed by atoms with Gasteiger partial charge in [-0.3, -0.25) is 14.2 Å². The van der Waals surface area contributed by atoms with Crippen molar-refractivity contribution in [2.45, 2.75) is 44.7 Å². The van der Waals surface area contributed by atoms with E-state index in [2.05, 4.69) is 20.9 Å². The normalized spacial score (nSPS) is 21.7. The summed E-state index contributed by atoms with van der Waals surface area (Å²) in [5, 5.41) is 9.28. The van der Waals surface area contributed by atoms with Gasteiger partial charge in [-0.15, -0.1) is 0 Å². The highest BCUT2D eigenvalue weighted by atomic mass is 16.5. The molecule has 1 atom stereocenters. The maximum absolute atomic E-state index is 13.0. The first kappa shape index (κ1) is 26.0. The molecule has 1 aliphatic heterocycles. The van der Waals surface area contributed by atoms with Crippen LogP contribution in [-0.2, 0) is 9.53 Å². The van der Waals surface area contributed by atoms with E-state index in [1.165, 1.54) is 0 Å². The van der Waals surface area contributed by atoms with Crippen molar-refractivity contribution in [2.24, 2.45) is 5.92 Å². The Morgan fingerprint density at radius 2 is 1.97 bits per heavy atom.